The second kappa shape index (κ2) is 6.38. The van der Waals surface area contributed by atoms with E-state index in [0.717, 1.165) is 5.92 Å². The van der Waals surface area contributed by atoms with Gasteiger partial charge in [0.15, 0.2) is 0 Å². The highest BCUT2D eigenvalue weighted by atomic mass is 15.1. The van der Waals surface area contributed by atoms with Crippen LogP contribution in [0.1, 0.15) is 52.9 Å². The first kappa shape index (κ1) is 14.3. The summed E-state index contributed by atoms with van der Waals surface area (Å²) in [6.07, 6.45) is 7.12. The average Bonchev–Trinajstić information content (AvgIpc) is 2.35. The summed E-state index contributed by atoms with van der Waals surface area (Å²) in [5, 5.41) is 0. The van der Waals surface area contributed by atoms with Gasteiger partial charge in [0, 0.05) is 13.1 Å². The average molecular weight is 252 g/mol. The zero-order valence-corrected chi connectivity index (χ0v) is 12.7. The van der Waals surface area contributed by atoms with Crippen molar-refractivity contribution in [2.24, 2.45) is 11.3 Å². The second-order valence-corrected chi connectivity index (χ2v) is 7.23. The van der Waals surface area contributed by atoms with Gasteiger partial charge in [0.2, 0.25) is 0 Å². The number of piperidine rings is 2. The Morgan fingerprint density at radius 1 is 1.11 bits per heavy atom. The molecule has 0 amide bonds. The van der Waals surface area contributed by atoms with Gasteiger partial charge in [-0.15, -0.1) is 0 Å². The molecular formula is C16H32N2. The SMILES string of the molecule is CCN1CCC[C@H](CCN2CCCC(C)(C)C2)C1. The Hall–Kier alpha value is -0.0800. The largest absolute Gasteiger partial charge is 0.303 e. The van der Waals surface area contributed by atoms with E-state index >= 15 is 0 Å². The Morgan fingerprint density at radius 2 is 1.89 bits per heavy atom. The molecule has 0 aliphatic carbocycles. The number of nitrogens with zero attached hydrogens (tertiary/aromatic N) is 2. The van der Waals surface area contributed by atoms with Crippen LogP contribution in [0.5, 0.6) is 0 Å². The Morgan fingerprint density at radius 3 is 2.61 bits per heavy atom. The summed E-state index contributed by atoms with van der Waals surface area (Å²) in [6, 6.07) is 0. The van der Waals surface area contributed by atoms with Gasteiger partial charge in [0.25, 0.3) is 0 Å². The zero-order chi connectivity index (χ0) is 13.0. The lowest BCUT2D eigenvalue weighted by Crippen LogP contribution is -2.42. The first-order chi connectivity index (χ1) is 8.59. The van der Waals surface area contributed by atoms with Crippen LogP contribution in [-0.2, 0) is 0 Å². The van der Waals surface area contributed by atoms with Crippen LogP contribution >= 0.6 is 0 Å². The van der Waals surface area contributed by atoms with Crippen molar-refractivity contribution in [2.75, 3.05) is 39.3 Å². The van der Waals surface area contributed by atoms with Gasteiger partial charge in [-0.05, 0) is 69.6 Å². The topological polar surface area (TPSA) is 6.48 Å². The van der Waals surface area contributed by atoms with Crippen LogP contribution < -0.4 is 0 Å². The molecule has 2 fully saturated rings. The minimum atomic E-state index is 0.556. The van der Waals surface area contributed by atoms with Crippen molar-refractivity contribution < 1.29 is 0 Å². The van der Waals surface area contributed by atoms with Crippen molar-refractivity contribution >= 4 is 0 Å². The standard InChI is InChI=1S/C16H32N2/c1-4-17-10-5-7-15(13-17)8-12-18-11-6-9-16(2,3)14-18/h15H,4-14H2,1-3H3/t15-/m1/s1. The maximum Gasteiger partial charge on any atom is 0.00327 e. The summed E-state index contributed by atoms with van der Waals surface area (Å²) in [4.78, 5) is 5.35. The minimum absolute atomic E-state index is 0.556. The third-order valence-corrected chi connectivity index (χ3v) is 4.88. The predicted octanol–water partition coefficient (Wildman–Crippen LogP) is 3.23. The van der Waals surface area contributed by atoms with Crippen molar-refractivity contribution in [3.8, 4) is 0 Å². The van der Waals surface area contributed by atoms with Gasteiger partial charge in [-0.2, -0.15) is 0 Å². The first-order valence-corrected chi connectivity index (χ1v) is 8.04. The Labute approximate surface area is 114 Å². The Bertz CT molecular complexity index is 249. The first-order valence-electron chi connectivity index (χ1n) is 8.04. The third-order valence-electron chi connectivity index (χ3n) is 4.88. The summed E-state index contributed by atoms with van der Waals surface area (Å²) in [5.41, 5.74) is 0.556. The molecule has 2 rings (SSSR count). The normalized spacial score (nSPS) is 30.5. The molecule has 0 aromatic carbocycles. The molecule has 0 saturated carbocycles. The maximum absolute atomic E-state index is 2.72. The molecule has 2 heterocycles. The van der Waals surface area contributed by atoms with Crippen molar-refractivity contribution in [1.29, 1.82) is 0 Å². The second-order valence-electron chi connectivity index (χ2n) is 7.23. The van der Waals surface area contributed by atoms with Crippen LogP contribution in [0.25, 0.3) is 0 Å². The van der Waals surface area contributed by atoms with Crippen LogP contribution in [0, 0.1) is 11.3 Å². The smallest absolute Gasteiger partial charge is 0.00327 e. The lowest BCUT2D eigenvalue weighted by molar-refractivity contribution is 0.100. The van der Waals surface area contributed by atoms with Crippen molar-refractivity contribution in [2.45, 2.75) is 52.9 Å². The van der Waals surface area contributed by atoms with E-state index in [1.54, 1.807) is 0 Å². The van der Waals surface area contributed by atoms with Crippen LogP contribution in [0.2, 0.25) is 0 Å². The highest BCUT2D eigenvalue weighted by molar-refractivity contribution is 4.81. The number of hydrogen-bond acceptors (Lipinski definition) is 2. The van der Waals surface area contributed by atoms with E-state index in [0.29, 0.717) is 5.41 Å². The quantitative estimate of drug-likeness (QED) is 0.758. The van der Waals surface area contributed by atoms with E-state index < -0.39 is 0 Å². The fraction of sp³-hybridized carbons (Fsp3) is 1.00. The molecule has 1 atom stereocenters. The summed E-state index contributed by atoms with van der Waals surface area (Å²) >= 11 is 0. The van der Waals surface area contributed by atoms with Crippen LogP contribution in [0.4, 0.5) is 0 Å². The molecule has 0 aromatic heterocycles. The molecule has 0 radical (unpaired) electrons. The maximum atomic E-state index is 2.72. The summed E-state index contributed by atoms with van der Waals surface area (Å²) in [5.74, 6) is 0.962. The Kier molecular flexibility index (Phi) is 5.08. The molecule has 0 unspecified atom stereocenters. The van der Waals surface area contributed by atoms with E-state index in [1.807, 2.05) is 0 Å². The van der Waals surface area contributed by atoms with Gasteiger partial charge in [0.1, 0.15) is 0 Å². The molecule has 18 heavy (non-hydrogen) atoms. The molecular weight excluding hydrogens is 220 g/mol. The van der Waals surface area contributed by atoms with E-state index in [9.17, 15) is 0 Å². The highest BCUT2D eigenvalue weighted by Crippen LogP contribution is 2.29. The van der Waals surface area contributed by atoms with Crippen LogP contribution in [0.15, 0.2) is 0 Å². The third kappa shape index (κ3) is 4.24. The van der Waals surface area contributed by atoms with E-state index in [2.05, 4.69) is 30.6 Å². The molecule has 0 spiro atoms. The minimum Gasteiger partial charge on any atom is -0.303 e. The van der Waals surface area contributed by atoms with Gasteiger partial charge >= 0.3 is 0 Å². The van der Waals surface area contributed by atoms with Crippen LogP contribution in [-0.4, -0.2) is 49.1 Å². The molecule has 0 aromatic rings. The fourth-order valence-corrected chi connectivity index (χ4v) is 3.77. The van der Waals surface area contributed by atoms with Crippen molar-refractivity contribution in [3.63, 3.8) is 0 Å². The van der Waals surface area contributed by atoms with Crippen molar-refractivity contribution in [1.82, 2.24) is 9.80 Å². The number of rotatable bonds is 4. The van der Waals surface area contributed by atoms with E-state index in [1.165, 1.54) is 71.4 Å². The summed E-state index contributed by atoms with van der Waals surface area (Å²) in [7, 11) is 0. The molecule has 106 valence electrons. The molecule has 0 N–H and O–H groups in total. The van der Waals surface area contributed by atoms with Crippen molar-refractivity contribution in [3.05, 3.63) is 0 Å². The molecule has 2 heteroatoms. The predicted molar refractivity (Wildman–Crippen MR) is 78.9 cm³/mol. The summed E-state index contributed by atoms with van der Waals surface area (Å²) in [6.45, 7) is 15.1. The molecule has 2 nitrogen and oxygen atoms in total. The summed E-state index contributed by atoms with van der Waals surface area (Å²) < 4.78 is 0. The van der Waals surface area contributed by atoms with Gasteiger partial charge in [-0.3, -0.25) is 0 Å². The number of likely N-dealkylation sites (tertiary alicyclic amines) is 2. The Balaban J connectivity index is 1.70. The van der Waals surface area contributed by atoms with E-state index in [4.69, 9.17) is 0 Å². The van der Waals surface area contributed by atoms with Gasteiger partial charge in [-0.1, -0.05) is 20.8 Å². The molecule has 2 saturated heterocycles. The zero-order valence-electron chi connectivity index (χ0n) is 12.7. The van der Waals surface area contributed by atoms with Crippen LogP contribution in [0.3, 0.4) is 0 Å². The monoisotopic (exact) mass is 252 g/mol. The van der Waals surface area contributed by atoms with E-state index in [-0.39, 0.29) is 0 Å². The van der Waals surface area contributed by atoms with Gasteiger partial charge in [-0.25, -0.2) is 0 Å². The molecule has 2 aliphatic heterocycles. The fourth-order valence-electron chi connectivity index (χ4n) is 3.77. The lowest BCUT2D eigenvalue weighted by Gasteiger charge is -2.39. The van der Waals surface area contributed by atoms with Gasteiger partial charge in [0.05, 0.1) is 0 Å². The lowest BCUT2D eigenvalue weighted by atomic mass is 9.84. The molecule has 0 bridgehead atoms. The number of hydrogen-bond donors (Lipinski definition) is 0. The van der Waals surface area contributed by atoms with Gasteiger partial charge < -0.3 is 9.80 Å². The highest BCUT2D eigenvalue weighted by Gasteiger charge is 2.27. The molecule has 2 aliphatic rings.